The molecular weight excluding hydrogens is 253 g/mol. The van der Waals surface area contributed by atoms with Crippen LogP contribution in [0.4, 0.5) is 4.39 Å². The lowest BCUT2D eigenvalue weighted by atomic mass is 10.2. The van der Waals surface area contributed by atoms with Gasteiger partial charge in [0.15, 0.2) is 0 Å². The van der Waals surface area contributed by atoms with E-state index in [0.29, 0.717) is 0 Å². The Kier molecular flexibility index (Phi) is 2.70. The SMILES string of the molecule is NC(c1cccs1)c1cc2cc(F)ccc2s1. The molecule has 2 heterocycles. The third-order valence-electron chi connectivity index (χ3n) is 2.65. The smallest absolute Gasteiger partial charge is 0.123 e. The van der Waals surface area contributed by atoms with E-state index in [9.17, 15) is 4.39 Å². The van der Waals surface area contributed by atoms with E-state index < -0.39 is 0 Å². The highest BCUT2D eigenvalue weighted by Gasteiger charge is 2.13. The summed E-state index contributed by atoms with van der Waals surface area (Å²) in [5.41, 5.74) is 6.19. The first-order chi connectivity index (χ1) is 8.24. The monoisotopic (exact) mass is 263 g/mol. The van der Waals surface area contributed by atoms with Crippen LogP contribution in [0, 0.1) is 5.82 Å². The minimum Gasteiger partial charge on any atom is -0.319 e. The molecule has 0 aliphatic heterocycles. The van der Waals surface area contributed by atoms with Crippen LogP contribution in [0.1, 0.15) is 15.8 Å². The molecule has 17 heavy (non-hydrogen) atoms. The Morgan fingerprint density at radius 3 is 2.76 bits per heavy atom. The van der Waals surface area contributed by atoms with E-state index in [1.54, 1.807) is 34.8 Å². The van der Waals surface area contributed by atoms with Crippen LogP contribution in [0.3, 0.4) is 0 Å². The average Bonchev–Trinajstić information content (AvgIpc) is 2.96. The third-order valence-corrected chi connectivity index (χ3v) is 4.81. The summed E-state index contributed by atoms with van der Waals surface area (Å²) in [6.45, 7) is 0. The van der Waals surface area contributed by atoms with E-state index >= 15 is 0 Å². The average molecular weight is 263 g/mol. The number of rotatable bonds is 2. The van der Waals surface area contributed by atoms with E-state index in [0.717, 1.165) is 19.8 Å². The van der Waals surface area contributed by atoms with Crippen molar-refractivity contribution in [2.75, 3.05) is 0 Å². The molecule has 1 unspecified atom stereocenters. The Hall–Kier alpha value is -1.23. The van der Waals surface area contributed by atoms with Crippen LogP contribution >= 0.6 is 22.7 Å². The zero-order chi connectivity index (χ0) is 11.8. The van der Waals surface area contributed by atoms with Gasteiger partial charge < -0.3 is 5.73 Å². The Balaban J connectivity index is 2.06. The highest BCUT2D eigenvalue weighted by atomic mass is 32.1. The number of halogens is 1. The van der Waals surface area contributed by atoms with E-state index in [2.05, 4.69) is 0 Å². The Morgan fingerprint density at radius 2 is 2.00 bits per heavy atom. The van der Waals surface area contributed by atoms with Gasteiger partial charge in [-0.2, -0.15) is 0 Å². The molecule has 3 rings (SSSR count). The van der Waals surface area contributed by atoms with Crippen LogP contribution in [0.25, 0.3) is 10.1 Å². The van der Waals surface area contributed by atoms with E-state index in [-0.39, 0.29) is 11.9 Å². The molecule has 0 aliphatic carbocycles. The molecule has 1 nitrogen and oxygen atoms in total. The van der Waals surface area contributed by atoms with Gasteiger partial charge in [-0.25, -0.2) is 4.39 Å². The van der Waals surface area contributed by atoms with Crippen LogP contribution in [0.15, 0.2) is 41.8 Å². The molecule has 86 valence electrons. The van der Waals surface area contributed by atoms with Gasteiger partial charge in [-0.3, -0.25) is 0 Å². The maximum Gasteiger partial charge on any atom is 0.123 e. The van der Waals surface area contributed by atoms with E-state index in [4.69, 9.17) is 5.73 Å². The molecule has 0 aliphatic rings. The Morgan fingerprint density at radius 1 is 1.12 bits per heavy atom. The summed E-state index contributed by atoms with van der Waals surface area (Å²) in [4.78, 5) is 2.21. The van der Waals surface area contributed by atoms with Gasteiger partial charge in [0, 0.05) is 14.5 Å². The lowest BCUT2D eigenvalue weighted by molar-refractivity contribution is 0.630. The lowest BCUT2D eigenvalue weighted by Crippen LogP contribution is -2.07. The van der Waals surface area contributed by atoms with Crippen molar-refractivity contribution < 1.29 is 4.39 Å². The first kappa shape index (κ1) is 10.9. The van der Waals surface area contributed by atoms with Gasteiger partial charge in [-0.15, -0.1) is 22.7 Å². The topological polar surface area (TPSA) is 26.0 Å². The number of nitrogens with two attached hydrogens (primary N) is 1. The molecule has 0 bridgehead atoms. The first-order valence-corrected chi connectivity index (χ1v) is 6.91. The minimum atomic E-state index is -0.202. The van der Waals surface area contributed by atoms with Gasteiger partial charge in [-0.1, -0.05) is 6.07 Å². The van der Waals surface area contributed by atoms with Crippen molar-refractivity contribution in [1.29, 1.82) is 0 Å². The highest BCUT2D eigenvalue weighted by molar-refractivity contribution is 7.19. The molecule has 2 aromatic heterocycles. The molecule has 4 heteroatoms. The van der Waals surface area contributed by atoms with Crippen molar-refractivity contribution >= 4 is 32.8 Å². The third kappa shape index (κ3) is 1.99. The highest BCUT2D eigenvalue weighted by Crippen LogP contribution is 2.33. The molecule has 0 spiro atoms. The molecule has 1 atom stereocenters. The van der Waals surface area contributed by atoms with Crippen LogP contribution in [0.2, 0.25) is 0 Å². The van der Waals surface area contributed by atoms with Gasteiger partial charge >= 0.3 is 0 Å². The fourth-order valence-corrected chi connectivity index (χ4v) is 3.68. The summed E-state index contributed by atoms with van der Waals surface area (Å²) in [5.74, 6) is -0.202. The lowest BCUT2D eigenvalue weighted by Gasteiger charge is -2.05. The zero-order valence-corrected chi connectivity index (χ0v) is 10.5. The second-order valence-electron chi connectivity index (χ2n) is 3.82. The molecule has 2 N–H and O–H groups in total. The van der Waals surface area contributed by atoms with Crippen LogP contribution in [-0.4, -0.2) is 0 Å². The van der Waals surface area contributed by atoms with Crippen LogP contribution < -0.4 is 5.73 Å². The zero-order valence-electron chi connectivity index (χ0n) is 8.89. The molecule has 1 aromatic carbocycles. The van der Waals surface area contributed by atoms with Gasteiger partial charge in [0.2, 0.25) is 0 Å². The summed E-state index contributed by atoms with van der Waals surface area (Å²) in [6, 6.07) is 10.7. The van der Waals surface area contributed by atoms with Crippen molar-refractivity contribution in [3.8, 4) is 0 Å². The van der Waals surface area contributed by atoms with E-state index in [1.165, 1.54) is 6.07 Å². The number of hydrogen-bond donors (Lipinski definition) is 1. The number of thiophene rings is 2. The van der Waals surface area contributed by atoms with Crippen molar-refractivity contribution in [3.05, 3.63) is 57.3 Å². The van der Waals surface area contributed by atoms with Crippen molar-refractivity contribution in [2.24, 2.45) is 5.73 Å². The standard InChI is InChI=1S/C13H10FNS2/c14-9-3-4-10-8(6-9)7-12(17-10)13(15)11-2-1-5-16-11/h1-7,13H,15H2. The number of fused-ring (bicyclic) bond motifs is 1. The molecule has 0 saturated heterocycles. The first-order valence-electron chi connectivity index (χ1n) is 5.22. The second-order valence-corrected chi connectivity index (χ2v) is 5.92. The minimum absolute atomic E-state index is 0.101. The fourth-order valence-electron chi connectivity index (χ4n) is 1.80. The summed E-state index contributed by atoms with van der Waals surface area (Å²) in [5, 5.41) is 2.94. The fraction of sp³-hybridized carbons (Fsp3) is 0.0769. The quantitative estimate of drug-likeness (QED) is 0.738. The second kappa shape index (κ2) is 4.22. The van der Waals surface area contributed by atoms with Crippen molar-refractivity contribution in [1.82, 2.24) is 0 Å². The van der Waals surface area contributed by atoms with Gasteiger partial charge in [0.05, 0.1) is 6.04 Å². The molecule has 0 fully saturated rings. The maximum atomic E-state index is 13.1. The van der Waals surface area contributed by atoms with Gasteiger partial charge in [0.25, 0.3) is 0 Å². The van der Waals surface area contributed by atoms with Crippen LogP contribution in [-0.2, 0) is 0 Å². The van der Waals surface area contributed by atoms with Crippen LogP contribution in [0.5, 0.6) is 0 Å². The van der Waals surface area contributed by atoms with Crippen molar-refractivity contribution in [2.45, 2.75) is 6.04 Å². The summed E-state index contributed by atoms with van der Waals surface area (Å²) < 4.78 is 14.2. The molecule has 0 radical (unpaired) electrons. The predicted molar refractivity (Wildman–Crippen MR) is 72.1 cm³/mol. The van der Waals surface area contributed by atoms with Gasteiger partial charge in [0.1, 0.15) is 5.82 Å². The summed E-state index contributed by atoms with van der Waals surface area (Å²) in [6.07, 6.45) is 0. The molecule has 0 saturated carbocycles. The van der Waals surface area contributed by atoms with Gasteiger partial charge in [-0.05, 0) is 41.1 Å². The normalized spacial score (nSPS) is 13.1. The molecule has 0 amide bonds. The summed E-state index contributed by atoms with van der Waals surface area (Å²) in [7, 11) is 0. The van der Waals surface area contributed by atoms with E-state index in [1.807, 2.05) is 23.6 Å². The number of benzene rings is 1. The maximum absolute atomic E-state index is 13.1. The molecular formula is C13H10FNS2. The molecule has 3 aromatic rings. The predicted octanol–water partition coefficient (Wildman–Crippen LogP) is 4.15. The summed E-state index contributed by atoms with van der Waals surface area (Å²) >= 11 is 3.27. The van der Waals surface area contributed by atoms with Crippen molar-refractivity contribution in [3.63, 3.8) is 0 Å². The number of hydrogen-bond acceptors (Lipinski definition) is 3. The largest absolute Gasteiger partial charge is 0.319 e. The Bertz CT molecular complexity index is 643. The Labute approximate surface area is 106 Å².